The number of nitrogens with zero attached hydrogens (tertiary/aromatic N) is 1. The molecule has 43 nitrogen and oxygen atoms in total. The highest BCUT2D eigenvalue weighted by Crippen LogP contribution is 2.22. The van der Waals surface area contributed by atoms with Crippen LogP contribution in [0.5, 0.6) is 0 Å². The summed E-state index contributed by atoms with van der Waals surface area (Å²) in [4.78, 5) is 241. The minimum atomic E-state index is -1.81. The number of fused-ring (bicyclic) bond motifs is 1. The van der Waals surface area contributed by atoms with E-state index < -0.39 is 210 Å². The van der Waals surface area contributed by atoms with E-state index in [1.807, 2.05) is 13.8 Å². The SMILES string of the molecule is CC[C@H](C)[C@H](NC(=O)[C@H](CC(C)C)NC(=O)[C@H](CCCCN)NC(=O)[C@H](CCCCN)NC(=O)[C@H](CC(C)C)NC(=O)CN)C(=O)N[C@@H](CO)C(=O)N[C@@H](Cc1c[nH]c2ccccc12)C(=O)N[C@H](C(=O)N[C@@H](CCCCN)C(=O)N[C@@H](CCCN=C(N)N)C(=O)N[C@@H](C)C(=O)N[C@@H](C)C(=O)N[C@@H](CCC(N)=O)C(=O)N[C@@H](CCC(N)=O)C(N)=O)[C@@H](C)CC. The third-order valence-electron chi connectivity index (χ3n) is 20.5. The third-order valence-corrected chi connectivity index (χ3v) is 20.5. The Kier molecular flexibility index (Phi) is 50.2. The van der Waals surface area contributed by atoms with Gasteiger partial charge in [0.15, 0.2) is 5.96 Å². The topological polar surface area (TPSA) is 741 Å². The number of rotatable bonds is 62. The average molecular weight is 1740 g/mol. The summed E-state index contributed by atoms with van der Waals surface area (Å²) in [5.74, 6) is -16.9. The Bertz CT molecular complexity index is 3840. The molecule has 16 atom stereocenters. The fourth-order valence-electron chi connectivity index (χ4n) is 12.9. The number of hydrogen-bond donors (Lipinski definition) is 25. The molecule has 0 saturated carbocycles. The summed E-state index contributed by atoms with van der Waals surface area (Å²) >= 11 is 0. The van der Waals surface area contributed by atoms with E-state index in [1.54, 1.807) is 72.0 Å². The van der Waals surface area contributed by atoms with Gasteiger partial charge in [0, 0.05) is 42.9 Å². The maximum atomic E-state index is 15.1. The quantitative estimate of drug-likeness (QED) is 0.0167. The molecule has 2 aromatic rings. The first-order valence-electron chi connectivity index (χ1n) is 42.2. The van der Waals surface area contributed by atoms with Crippen molar-refractivity contribution in [2.24, 2.45) is 80.3 Å². The van der Waals surface area contributed by atoms with Gasteiger partial charge in [-0.1, -0.05) is 86.4 Å². The fourth-order valence-corrected chi connectivity index (χ4v) is 12.9. The van der Waals surface area contributed by atoms with Gasteiger partial charge < -0.3 is 136 Å². The van der Waals surface area contributed by atoms with Gasteiger partial charge in [0.05, 0.1) is 13.2 Å². The monoisotopic (exact) mass is 1740 g/mol. The summed E-state index contributed by atoms with van der Waals surface area (Å²) in [6.45, 7) is 15.7. The molecule has 0 aliphatic heterocycles. The molecule has 0 fully saturated rings. The molecule has 0 spiro atoms. The van der Waals surface area contributed by atoms with Crippen LogP contribution in [-0.4, -0.2) is 240 Å². The summed E-state index contributed by atoms with van der Waals surface area (Å²) in [5, 5.41) is 48.1. The first-order chi connectivity index (χ1) is 58.1. The summed E-state index contributed by atoms with van der Waals surface area (Å²) in [6, 6.07) is -12.8. The zero-order valence-corrected chi connectivity index (χ0v) is 72.7. The molecule has 1 aromatic heterocycles. The standard InChI is InChI=1S/C80H139N25O18/c1-11-44(7)64(78(122)100-54(26-17-20-34-83)71(115)98-55(27-21-35-90-80(88)89)69(113)93-46(9)67(111)92-47(10)68(112)96-56(29-31-62(86)108)73(117)95-51(66(87)110)28-30-61(85)107)105-76(120)59(38-48-40-91-50-23-14-13-22-49(48)50)102-77(121)60(41-106)103-79(123)65(45(8)12-2)104-75(119)58(37-43(5)6)101-72(116)53(25-16-19-33-82)97-70(114)52(24-15-18-32-81)99-74(118)57(36-42(3)4)94-63(109)39-84/h13-14,22-23,40,42-47,51-60,64-65,91,106H,11-12,15-21,24-39,41,81-84H2,1-10H3,(H2,85,107)(H2,86,108)(H2,87,110)(H,92,111)(H,93,113)(H,94,109)(H,95,117)(H,96,112)(H,97,114)(H,98,115)(H,99,118)(H,100,122)(H,101,116)(H,102,121)(H,103,123)(H,104,119)(H,105,120)(H4,88,89,90)/t44-,45-,46-,47-,51-,52-,53-,54-,55-,56-,57-,58-,59-,60-,64-,65-/m0/s1. The van der Waals surface area contributed by atoms with Gasteiger partial charge in [0.2, 0.25) is 100 Å². The highest BCUT2D eigenvalue weighted by molar-refractivity contribution is 6.01. The van der Waals surface area contributed by atoms with Crippen LogP contribution in [-0.2, 0) is 87.9 Å². The number of para-hydroxylation sites is 1. The Morgan fingerprint density at radius 1 is 0.382 bits per heavy atom. The number of H-pyrrole nitrogens is 1. The first-order valence-corrected chi connectivity index (χ1v) is 42.2. The summed E-state index contributed by atoms with van der Waals surface area (Å²) in [5.41, 5.74) is 51.3. The van der Waals surface area contributed by atoms with Crippen molar-refractivity contribution < 1.29 is 86.6 Å². The van der Waals surface area contributed by atoms with Crippen molar-refractivity contribution in [3.8, 4) is 0 Å². The van der Waals surface area contributed by atoms with Crippen LogP contribution in [0.15, 0.2) is 35.5 Å². The predicted molar refractivity (Wildman–Crippen MR) is 459 cm³/mol. The molecule has 0 saturated heterocycles. The van der Waals surface area contributed by atoms with Gasteiger partial charge in [-0.3, -0.25) is 86.5 Å². The Morgan fingerprint density at radius 2 is 0.724 bits per heavy atom. The molecule has 123 heavy (non-hydrogen) atoms. The van der Waals surface area contributed by atoms with Gasteiger partial charge in [0.1, 0.15) is 84.6 Å². The number of aliphatic imine (C=N–C) groups is 1. The van der Waals surface area contributed by atoms with E-state index in [4.69, 9.17) is 51.6 Å². The summed E-state index contributed by atoms with van der Waals surface area (Å²) in [7, 11) is 0. The van der Waals surface area contributed by atoms with E-state index in [1.165, 1.54) is 13.8 Å². The maximum Gasteiger partial charge on any atom is 0.245 e. The number of aromatic nitrogens is 1. The van der Waals surface area contributed by atoms with Crippen molar-refractivity contribution in [2.75, 3.05) is 39.3 Å². The number of unbranched alkanes of at least 4 members (excludes halogenated alkanes) is 3. The number of carbonyl (C=O) groups is 17. The number of primary amides is 3. The van der Waals surface area contributed by atoms with E-state index in [9.17, 15) is 81.8 Å². The van der Waals surface area contributed by atoms with Crippen LogP contribution >= 0.6 is 0 Å². The lowest BCUT2D eigenvalue weighted by atomic mass is 9.96. The number of amides is 17. The van der Waals surface area contributed by atoms with Gasteiger partial charge in [-0.05, 0) is 165 Å². The third kappa shape index (κ3) is 40.1. The Labute approximate surface area is 718 Å². The Balaban J connectivity index is 2.59. The lowest BCUT2D eigenvalue weighted by molar-refractivity contribution is -0.137. The second-order valence-electron chi connectivity index (χ2n) is 31.8. The Hall–Kier alpha value is -11.2. The van der Waals surface area contributed by atoms with Crippen LogP contribution in [0, 0.1) is 23.7 Å². The number of benzene rings is 1. The second kappa shape index (κ2) is 57.2. The minimum Gasteiger partial charge on any atom is -0.394 e. The van der Waals surface area contributed by atoms with Crippen LogP contribution in [0.2, 0.25) is 0 Å². The first kappa shape index (κ1) is 108. The lowest BCUT2D eigenvalue weighted by Crippen LogP contribution is -2.62. The molecule has 0 radical (unpaired) electrons. The summed E-state index contributed by atoms with van der Waals surface area (Å²) < 4.78 is 0. The van der Waals surface area contributed by atoms with E-state index >= 15 is 4.79 Å². The molecular formula is C80H139N25O18. The number of aromatic amines is 1. The molecule has 0 aliphatic rings. The van der Waals surface area contributed by atoms with Gasteiger partial charge >= 0.3 is 0 Å². The van der Waals surface area contributed by atoms with Crippen molar-refractivity contribution in [2.45, 2.75) is 282 Å². The van der Waals surface area contributed by atoms with Crippen molar-refractivity contribution >= 4 is 117 Å². The molecule has 34 N–H and O–H groups in total. The van der Waals surface area contributed by atoms with Gasteiger partial charge in [-0.2, -0.15) is 0 Å². The lowest BCUT2D eigenvalue weighted by Gasteiger charge is -2.30. The van der Waals surface area contributed by atoms with Crippen LogP contribution in [0.3, 0.4) is 0 Å². The number of aliphatic hydroxyl groups is 1. The molecule has 692 valence electrons. The van der Waals surface area contributed by atoms with Gasteiger partial charge in [-0.15, -0.1) is 0 Å². The van der Waals surface area contributed by atoms with Crippen LogP contribution in [0.25, 0.3) is 10.9 Å². The number of carbonyl (C=O) groups excluding carboxylic acids is 17. The molecule has 17 amide bonds. The van der Waals surface area contributed by atoms with Crippen molar-refractivity contribution in [3.63, 3.8) is 0 Å². The number of guanidine groups is 1. The highest BCUT2D eigenvalue weighted by Gasteiger charge is 2.40. The van der Waals surface area contributed by atoms with E-state index in [0.29, 0.717) is 48.6 Å². The van der Waals surface area contributed by atoms with Crippen molar-refractivity contribution in [1.82, 2.24) is 79.4 Å². The highest BCUT2D eigenvalue weighted by atomic mass is 16.3. The number of nitrogens with two attached hydrogens (primary N) is 9. The van der Waals surface area contributed by atoms with Gasteiger partial charge in [0.25, 0.3) is 0 Å². The zero-order valence-electron chi connectivity index (χ0n) is 72.7. The number of hydrogen-bond acceptors (Lipinski definition) is 23. The van der Waals surface area contributed by atoms with Crippen molar-refractivity contribution in [3.05, 3.63) is 36.0 Å². The van der Waals surface area contributed by atoms with E-state index in [0.717, 1.165) is 0 Å². The largest absolute Gasteiger partial charge is 0.394 e. The van der Waals surface area contributed by atoms with Gasteiger partial charge in [-0.25, -0.2) is 0 Å². The minimum absolute atomic E-state index is 0.0172. The fraction of sp³-hybridized carbons (Fsp3) is 0.675. The zero-order chi connectivity index (χ0) is 92.8. The molecule has 43 heteroatoms. The predicted octanol–water partition coefficient (Wildman–Crippen LogP) is -5.87. The average Bonchev–Trinajstić information content (AvgIpc) is 1.71. The molecule has 2 rings (SSSR count). The second-order valence-corrected chi connectivity index (χ2v) is 31.8. The van der Waals surface area contributed by atoms with Crippen LogP contribution in [0.4, 0.5) is 0 Å². The molecule has 1 heterocycles. The molecule has 0 bridgehead atoms. The van der Waals surface area contributed by atoms with Crippen molar-refractivity contribution in [1.29, 1.82) is 0 Å². The molecule has 0 unspecified atom stereocenters. The number of aliphatic hydroxyl groups excluding tert-OH is 1. The normalized spacial score (nSPS) is 15.2. The summed E-state index contributed by atoms with van der Waals surface area (Å²) in [6.07, 6.45) is 2.92. The maximum absolute atomic E-state index is 15.1. The Morgan fingerprint density at radius 3 is 1.15 bits per heavy atom. The molecule has 1 aromatic carbocycles. The van der Waals surface area contributed by atoms with Crippen LogP contribution in [0.1, 0.15) is 197 Å². The van der Waals surface area contributed by atoms with E-state index in [2.05, 4.69) is 84.4 Å². The smallest absolute Gasteiger partial charge is 0.245 e. The van der Waals surface area contributed by atoms with E-state index in [-0.39, 0.29) is 140 Å². The molecular weight excluding hydrogens is 1600 g/mol. The number of nitrogens with one attached hydrogen (secondary N) is 15. The molecule has 0 aliphatic carbocycles. The van der Waals surface area contributed by atoms with Crippen LogP contribution < -0.4 is 126 Å².